The van der Waals surface area contributed by atoms with Crippen molar-refractivity contribution in [1.82, 2.24) is 0 Å². The third-order valence-electron chi connectivity index (χ3n) is 2.02. The molecule has 1 rings (SSSR count). The van der Waals surface area contributed by atoms with Crippen molar-refractivity contribution < 1.29 is 23.8 Å². The largest absolute Gasteiger partial charge is 0.497 e. The zero-order valence-corrected chi connectivity index (χ0v) is 11.4. The minimum Gasteiger partial charge on any atom is -0.497 e. The summed E-state index contributed by atoms with van der Waals surface area (Å²) in [4.78, 5) is 22.3. The zero-order chi connectivity index (χ0) is 13.7. The normalized spacial score (nSPS) is 9.72. The first-order valence-corrected chi connectivity index (χ1v) is 5.65. The fourth-order valence-corrected chi connectivity index (χ4v) is 1.86. The van der Waals surface area contributed by atoms with E-state index in [0.717, 1.165) is 0 Å². The highest BCUT2D eigenvalue weighted by Gasteiger charge is 2.19. The molecule has 0 fully saturated rings. The molecule has 0 atom stereocenters. The smallest absolute Gasteiger partial charge is 0.342 e. The van der Waals surface area contributed by atoms with E-state index in [4.69, 9.17) is 19.9 Å². The Kier molecular flexibility index (Phi) is 4.96. The van der Waals surface area contributed by atoms with Crippen molar-refractivity contribution in [3.05, 3.63) is 22.2 Å². The summed E-state index contributed by atoms with van der Waals surface area (Å²) in [6, 6.07) is 3.09. The van der Waals surface area contributed by atoms with Crippen molar-refractivity contribution in [1.29, 1.82) is 0 Å². The molecule has 18 heavy (non-hydrogen) atoms. The van der Waals surface area contributed by atoms with E-state index in [1.54, 1.807) is 6.07 Å². The highest BCUT2D eigenvalue weighted by molar-refractivity contribution is 9.10. The molecule has 0 saturated heterocycles. The average Bonchev–Trinajstić information content (AvgIpc) is 2.34. The number of primary amides is 1. The summed E-state index contributed by atoms with van der Waals surface area (Å²) in [7, 11) is 2.88. The van der Waals surface area contributed by atoms with Gasteiger partial charge in [0.2, 0.25) is 0 Å². The van der Waals surface area contributed by atoms with Gasteiger partial charge in [0, 0.05) is 0 Å². The highest BCUT2D eigenvalue weighted by Crippen LogP contribution is 2.33. The van der Waals surface area contributed by atoms with Gasteiger partial charge in [0.25, 0.3) is 5.91 Å². The Morgan fingerprint density at radius 3 is 2.44 bits per heavy atom. The summed E-state index contributed by atoms with van der Waals surface area (Å²) < 4.78 is 15.4. The van der Waals surface area contributed by atoms with Crippen molar-refractivity contribution in [2.45, 2.75) is 0 Å². The molecule has 0 aliphatic carbocycles. The minimum atomic E-state index is -0.732. The summed E-state index contributed by atoms with van der Waals surface area (Å²) in [5.41, 5.74) is 5.04. The lowest BCUT2D eigenvalue weighted by molar-refractivity contribution is -0.121. The van der Waals surface area contributed by atoms with Gasteiger partial charge in [-0.3, -0.25) is 4.79 Å². The van der Waals surface area contributed by atoms with Crippen LogP contribution in [0.3, 0.4) is 0 Å². The van der Waals surface area contributed by atoms with Gasteiger partial charge in [-0.05, 0) is 28.1 Å². The summed E-state index contributed by atoms with van der Waals surface area (Å²) in [6.45, 7) is -0.489. The molecule has 2 N–H and O–H groups in total. The summed E-state index contributed by atoms with van der Waals surface area (Å²) in [5.74, 6) is -0.700. The van der Waals surface area contributed by atoms with E-state index >= 15 is 0 Å². The third kappa shape index (κ3) is 3.36. The highest BCUT2D eigenvalue weighted by atomic mass is 79.9. The molecule has 0 bridgehead atoms. The van der Waals surface area contributed by atoms with E-state index in [0.29, 0.717) is 16.0 Å². The first kappa shape index (κ1) is 14.3. The molecule has 0 spiro atoms. The Bertz CT molecular complexity index is 475. The maximum absolute atomic E-state index is 11.8. The Morgan fingerprint density at radius 1 is 1.28 bits per heavy atom. The number of hydrogen-bond acceptors (Lipinski definition) is 5. The first-order valence-electron chi connectivity index (χ1n) is 4.86. The summed E-state index contributed by atoms with van der Waals surface area (Å²) in [6.07, 6.45) is 0. The van der Waals surface area contributed by atoms with Crippen LogP contribution in [-0.4, -0.2) is 32.7 Å². The summed E-state index contributed by atoms with van der Waals surface area (Å²) >= 11 is 3.24. The second-order valence-corrected chi connectivity index (χ2v) is 4.09. The van der Waals surface area contributed by atoms with E-state index in [1.165, 1.54) is 20.3 Å². The number of carbonyl (C=O) groups is 2. The second-order valence-electron chi connectivity index (χ2n) is 3.23. The van der Waals surface area contributed by atoms with Crippen molar-refractivity contribution in [2.75, 3.05) is 20.8 Å². The van der Waals surface area contributed by atoms with Gasteiger partial charge in [-0.25, -0.2) is 4.79 Å². The van der Waals surface area contributed by atoms with Crippen molar-refractivity contribution in [2.24, 2.45) is 5.73 Å². The number of rotatable bonds is 5. The molecule has 1 aromatic carbocycles. The van der Waals surface area contributed by atoms with E-state index in [2.05, 4.69) is 15.9 Å². The monoisotopic (exact) mass is 317 g/mol. The van der Waals surface area contributed by atoms with E-state index in [-0.39, 0.29) is 5.56 Å². The number of nitrogens with two attached hydrogens (primary N) is 1. The van der Waals surface area contributed by atoms with E-state index in [1.807, 2.05) is 0 Å². The van der Waals surface area contributed by atoms with Crippen LogP contribution in [0.4, 0.5) is 0 Å². The summed E-state index contributed by atoms with van der Waals surface area (Å²) in [5, 5.41) is 0. The Balaban J connectivity index is 3.08. The lowest BCUT2D eigenvalue weighted by atomic mass is 10.2. The quantitative estimate of drug-likeness (QED) is 0.822. The van der Waals surface area contributed by atoms with Crippen LogP contribution in [0.1, 0.15) is 10.4 Å². The SMILES string of the molecule is COc1cc(Br)c(OC)c(C(=O)OCC(N)=O)c1. The predicted octanol–water partition coefficient (Wildman–Crippen LogP) is 1.11. The molecule has 0 radical (unpaired) electrons. The Hall–Kier alpha value is -1.76. The van der Waals surface area contributed by atoms with Crippen LogP contribution >= 0.6 is 15.9 Å². The Morgan fingerprint density at radius 2 is 1.94 bits per heavy atom. The van der Waals surface area contributed by atoms with Gasteiger partial charge in [0.1, 0.15) is 17.1 Å². The number of halogens is 1. The van der Waals surface area contributed by atoms with Gasteiger partial charge in [0.15, 0.2) is 6.61 Å². The number of hydrogen-bond donors (Lipinski definition) is 1. The molecule has 0 aromatic heterocycles. The fraction of sp³-hybridized carbons (Fsp3) is 0.273. The molecule has 6 nitrogen and oxygen atoms in total. The van der Waals surface area contributed by atoms with Crippen LogP contribution in [-0.2, 0) is 9.53 Å². The molecular formula is C11H12BrNO5. The number of ether oxygens (including phenoxy) is 3. The molecule has 0 aliphatic heterocycles. The number of esters is 1. The van der Waals surface area contributed by atoms with Gasteiger partial charge < -0.3 is 19.9 Å². The maximum atomic E-state index is 11.8. The van der Waals surface area contributed by atoms with E-state index < -0.39 is 18.5 Å². The molecule has 1 amide bonds. The molecule has 0 unspecified atom stereocenters. The molecule has 98 valence electrons. The number of methoxy groups -OCH3 is 2. The van der Waals surface area contributed by atoms with Gasteiger partial charge in [-0.1, -0.05) is 0 Å². The van der Waals surface area contributed by atoms with Crippen LogP contribution in [0.2, 0.25) is 0 Å². The molecule has 1 aromatic rings. The van der Waals surface area contributed by atoms with Crippen LogP contribution in [0, 0.1) is 0 Å². The minimum absolute atomic E-state index is 0.143. The van der Waals surface area contributed by atoms with Crippen molar-refractivity contribution in [3.63, 3.8) is 0 Å². The molecule has 0 aliphatic rings. The van der Waals surface area contributed by atoms with Crippen molar-refractivity contribution in [3.8, 4) is 11.5 Å². The Labute approximate surface area is 112 Å². The van der Waals surface area contributed by atoms with Gasteiger partial charge >= 0.3 is 5.97 Å². The molecule has 0 saturated carbocycles. The molecular weight excluding hydrogens is 306 g/mol. The average molecular weight is 318 g/mol. The number of benzene rings is 1. The van der Waals surface area contributed by atoms with Crippen LogP contribution < -0.4 is 15.2 Å². The zero-order valence-electron chi connectivity index (χ0n) is 9.86. The van der Waals surface area contributed by atoms with Crippen molar-refractivity contribution >= 4 is 27.8 Å². The standard InChI is InChI=1S/C11H12BrNO5/c1-16-6-3-7(10(17-2)8(12)4-6)11(15)18-5-9(13)14/h3-4H,5H2,1-2H3,(H2,13,14). The van der Waals surface area contributed by atoms with E-state index in [9.17, 15) is 9.59 Å². The lowest BCUT2D eigenvalue weighted by Gasteiger charge is -2.11. The number of carbonyl (C=O) groups excluding carboxylic acids is 2. The van der Waals surface area contributed by atoms with Gasteiger partial charge in [-0.2, -0.15) is 0 Å². The van der Waals surface area contributed by atoms with Crippen LogP contribution in [0.25, 0.3) is 0 Å². The number of amides is 1. The van der Waals surface area contributed by atoms with Crippen LogP contribution in [0.5, 0.6) is 11.5 Å². The molecule has 0 heterocycles. The topological polar surface area (TPSA) is 87.8 Å². The fourth-order valence-electron chi connectivity index (χ4n) is 1.26. The third-order valence-corrected chi connectivity index (χ3v) is 2.61. The van der Waals surface area contributed by atoms with Gasteiger partial charge in [0.05, 0.1) is 18.7 Å². The lowest BCUT2D eigenvalue weighted by Crippen LogP contribution is -2.21. The van der Waals surface area contributed by atoms with Gasteiger partial charge in [-0.15, -0.1) is 0 Å². The predicted molar refractivity (Wildman–Crippen MR) is 66.7 cm³/mol. The second kappa shape index (κ2) is 6.25. The van der Waals surface area contributed by atoms with Crippen LogP contribution in [0.15, 0.2) is 16.6 Å². The molecule has 7 heteroatoms. The maximum Gasteiger partial charge on any atom is 0.342 e. The first-order chi connectivity index (χ1) is 8.49.